The van der Waals surface area contributed by atoms with E-state index in [4.69, 9.17) is 4.74 Å². The second kappa shape index (κ2) is 7.01. The molecule has 0 aliphatic heterocycles. The second-order valence-corrected chi connectivity index (χ2v) is 6.66. The standard InChI is InChI=1S/C20H17N3O2S/c1-25-15-7-4-14(5-8-15)17(23-20-22-11-12-26-20)16-9-6-13-3-2-10-21-18(13)19(16)24/h2-12,17,24H,1H3,(H,22,23). The summed E-state index contributed by atoms with van der Waals surface area (Å²) < 4.78 is 5.25. The Morgan fingerprint density at radius 1 is 1.04 bits per heavy atom. The largest absolute Gasteiger partial charge is 0.505 e. The number of fused-ring (bicyclic) bond motifs is 1. The third kappa shape index (κ3) is 3.07. The lowest BCUT2D eigenvalue weighted by Crippen LogP contribution is -2.12. The summed E-state index contributed by atoms with van der Waals surface area (Å²) >= 11 is 1.51. The fourth-order valence-electron chi connectivity index (χ4n) is 2.93. The molecule has 0 amide bonds. The van der Waals surface area contributed by atoms with Crippen molar-refractivity contribution >= 4 is 27.4 Å². The lowest BCUT2D eigenvalue weighted by molar-refractivity contribution is 0.414. The van der Waals surface area contributed by atoms with Crippen LogP contribution in [0.15, 0.2) is 66.3 Å². The van der Waals surface area contributed by atoms with Gasteiger partial charge in [0.2, 0.25) is 0 Å². The Morgan fingerprint density at radius 3 is 2.62 bits per heavy atom. The Balaban J connectivity index is 1.83. The number of aromatic hydroxyl groups is 1. The third-order valence-corrected chi connectivity index (χ3v) is 4.94. The lowest BCUT2D eigenvalue weighted by atomic mass is 9.96. The molecule has 0 bridgehead atoms. The van der Waals surface area contributed by atoms with Crippen molar-refractivity contribution in [2.75, 3.05) is 12.4 Å². The van der Waals surface area contributed by atoms with E-state index in [9.17, 15) is 5.11 Å². The summed E-state index contributed by atoms with van der Waals surface area (Å²) in [4.78, 5) is 8.65. The number of rotatable bonds is 5. The number of phenolic OH excluding ortho intramolecular Hbond substituents is 1. The van der Waals surface area contributed by atoms with Gasteiger partial charge in [0, 0.05) is 28.7 Å². The van der Waals surface area contributed by atoms with Gasteiger partial charge in [-0.2, -0.15) is 0 Å². The van der Waals surface area contributed by atoms with Crippen LogP contribution in [-0.2, 0) is 0 Å². The second-order valence-electron chi connectivity index (χ2n) is 5.77. The van der Waals surface area contributed by atoms with Gasteiger partial charge in [0.1, 0.15) is 17.0 Å². The van der Waals surface area contributed by atoms with Crippen molar-refractivity contribution in [2.24, 2.45) is 0 Å². The van der Waals surface area contributed by atoms with E-state index in [1.54, 1.807) is 19.5 Å². The molecular weight excluding hydrogens is 346 g/mol. The minimum absolute atomic E-state index is 0.174. The molecule has 0 saturated heterocycles. The van der Waals surface area contributed by atoms with Crippen molar-refractivity contribution in [1.82, 2.24) is 9.97 Å². The number of ether oxygens (including phenoxy) is 1. The van der Waals surface area contributed by atoms with Gasteiger partial charge in [-0.25, -0.2) is 4.98 Å². The van der Waals surface area contributed by atoms with E-state index in [-0.39, 0.29) is 11.8 Å². The molecule has 130 valence electrons. The van der Waals surface area contributed by atoms with Crippen molar-refractivity contribution < 1.29 is 9.84 Å². The van der Waals surface area contributed by atoms with Gasteiger partial charge in [-0.05, 0) is 23.8 Å². The van der Waals surface area contributed by atoms with Gasteiger partial charge in [-0.1, -0.05) is 30.3 Å². The molecule has 4 aromatic rings. The highest BCUT2D eigenvalue weighted by molar-refractivity contribution is 7.13. The highest BCUT2D eigenvalue weighted by atomic mass is 32.1. The van der Waals surface area contributed by atoms with Crippen LogP contribution < -0.4 is 10.1 Å². The predicted molar refractivity (Wildman–Crippen MR) is 104 cm³/mol. The Kier molecular flexibility index (Phi) is 4.41. The molecule has 0 radical (unpaired) electrons. The van der Waals surface area contributed by atoms with Crippen LogP contribution in [0.3, 0.4) is 0 Å². The number of methoxy groups -OCH3 is 1. The molecular formula is C20H17N3O2S. The van der Waals surface area contributed by atoms with Gasteiger partial charge in [0.15, 0.2) is 5.13 Å². The van der Waals surface area contributed by atoms with Crippen molar-refractivity contribution in [3.05, 3.63) is 77.4 Å². The van der Waals surface area contributed by atoms with Crippen molar-refractivity contribution in [1.29, 1.82) is 0 Å². The van der Waals surface area contributed by atoms with Crippen LogP contribution in [0.25, 0.3) is 10.9 Å². The summed E-state index contributed by atoms with van der Waals surface area (Å²) in [7, 11) is 1.64. The molecule has 6 heteroatoms. The summed E-state index contributed by atoms with van der Waals surface area (Å²) in [5, 5.41) is 17.9. The molecule has 5 nitrogen and oxygen atoms in total. The van der Waals surface area contributed by atoms with Gasteiger partial charge in [0.05, 0.1) is 13.2 Å². The number of nitrogens with zero attached hydrogens (tertiary/aromatic N) is 2. The number of anilines is 1. The molecule has 0 saturated carbocycles. The van der Waals surface area contributed by atoms with E-state index in [0.29, 0.717) is 5.52 Å². The van der Waals surface area contributed by atoms with Crippen LogP contribution in [0.5, 0.6) is 11.5 Å². The predicted octanol–water partition coefficient (Wildman–Crippen LogP) is 4.61. The highest BCUT2D eigenvalue weighted by Crippen LogP contribution is 2.37. The Bertz CT molecular complexity index is 1020. The molecule has 2 N–H and O–H groups in total. The summed E-state index contributed by atoms with van der Waals surface area (Å²) in [6.07, 6.45) is 3.43. The number of thiazole rings is 1. The van der Waals surface area contributed by atoms with E-state index in [1.165, 1.54) is 11.3 Å². The summed E-state index contributed by atoms with van der Waals surface area (Å²) in [6, 6.07) is 15.2. The van der Waals surface area contributed by atoms with Gasteiger partial charge < -0.3 is 15.2 Å². The van der Waals surface area contributed by atoms with Gasteiger partial charge in [0.25, 0.3) is 0 Å². The molecule has 1 atom stereocenters. The van der Waals surface area contributed by atoms with Crippen LogP contribution in [0.1, 0.15) is 17.2 Å². The van der Waals surface area contributed by atoms with E-state index >= 15 is 0 Å². The van der Waals surface area contributed by atoms with Gasteiger partial charge >= 0.3 is 0 Å². The fraction of sp³-hybridized carbons (Fsp3) is 0.100. The number of aromatic nitrogens is 2. The SMILES string of the molecule is COc1ccc(C(Nc2nccs2)c2ccc3cccnc3c2O)cc1. The normalized spacial score (nSPS) is 12.0. The zero-order valence-corrected chi connectivity index (χ0v) is 14.9. The zero-order valence-electron chi connectivity index (χ0n) is 14.1. The van der Waals surface area contributed by atoms with Crippen LogP contribution in [0.2, 0.25) is 0 Å². The number of phenols is 1. The number of pyridine rings is 1. The Labute approximate surface area is 154 Å². The molecule has 2 aromatic carbocycles. The van der Waals surface area contributed by atoms with Crippen LogP contribution in [0.4, 0.5) is 5.13 Å². The topological polar surface area (TPSA) is 67.3 Å². The van der Waals surface area contributed by atoms with E-state index in [2.05, 4.69) is 15.3 Å². The van der Waals surface area contributed by atoms with Crippen LogP contribution in [0, 0.1) is 0 Å². The monoisotopic (exact) mass is 363 g/mol. The lowest BCUT2D eigenvalue weighted by Gasteiger charge is -2.21. The molecule has 2 heterocycles. The van der Waals surface area contributed by atoms with E-state index in [0.717, 1.165) is 27.4 Å². The number of benzene rings is 2. The molecule has 4 rings (SSSR count). The first-order valence-corrected chi connectivity index (χ1v) is 9.01. The van der Waals surface area contributed by atoms with Crippen LogP contribution >= 0.6 is 11.3 Å². The first-order chi connectivity index (χ1) is 12.8. The summed E-state index contributed by atoms with van der Waals surface area (Å²) in [6.45, 7) is 0. The molecule has 0 spiro atoms. The maximum absolute atomic E-state index is 10.9. The van der Waals surface area contributed by atoms with Gasteiger partial charge in [-0.15, -0.1) is 11.3 Å². The first-order valence-electron chi connectivity index (χ1n) is 8.13. The van der Waals surface area contributed by atoms with Crippen molar-refractivity contribution in [2.45, 2.75) is 6.04 Å². The van der Waals surface area contributed by atoms with E-state index in [1.807, 2.05) is 53.9 Å². The average Bonchev–Trinajstić information content (AvgIpc) is 3.20. The smallest absolute Gasteiger partial charge is 0.183 e. The van der Waals surface area contributed by atoms with E-state index < -0.39 is 0 Å². The van der Waals surface area contributed by atoms with Crippen molar-refractivity contribution in [3.8, 4) is 11.5 Å². The minimum atomic E-state index is -0.265. The summed E-state index contributed by atoms with van der Waals surface area (Å²) in [5.74, 6) is 0.958. The maximum atomic E-state index is 10.9. The first kappa shape index (κ1) is 16.4. The number of hydrogen-bond donors (Lipinski definition) is 2. The maximum Gasteiger partial charge on any atom is 0.183 e. The zero-order chi connectivity index (χ0) is 17.9. The Morgan fingerprint density at radius 2 is 1.88 bits per heavy atom. The number of nitrogens with one attached hydrogen (secondary N) is 1. The molecule has 0 aliphatic carbocycles. The summed E-state index contributed by atoms with van der Waals surface area (Å²) in [5.41, 5.74) is 2.33. The third-order valence-electron chi connectivity index (χ3n) is 4.24. The molecule has 1 unspecified atom stereocenters. The molecule has 2 aromatic heterocycles. The minimum Gasteiger partial charge on any atom is -0.505 e. The fourth-order valence-corrected chi connectivity index (χ4v) is 3.49. The van der Waals surface area contributed by atoms with Gasteiger partial charge in [-0.3, -0.25) is 4.98 Å². The molecule has 0 fully saturated rings. The average molecular weight is 363 g/mol. The Hall–Kier alpha value is -3.12. The molecule has 0 aliphatic rings. The van der Waals surface area contributed by atoms with Crippen LogP contribution in [-0.4, -0.2) is 22.2 Å². The highest BCUT2D eigenvalue weighted by Gasteiger charge is 2.20. The molecule has 26 heavy (non-hydrogen) atoms. The number of hydrogen-bond acceptors (Lipinski definition) is 6. The quantitative estimate of drug-likeness (QED) is 0.542. The van der Waals surface area contributed by atoms with Crippen molar-refractivity contribution in [3.63, 3.8) is 0 Å².